The van der Waals surface area contributed by atoms with Gasteiger partial charge >= 0.3 is 12.0 Å². The van der Waals surface area contributed by atoms with E-state index in [-0.39, 0.29) is 64.6 Å². The minimum Gasteiger partial charge on any atom is -0.508 e. The van der Waals surface area contributed by atoms with Crippen LogP contribution in [-0.4, -0.2) is 75.8 Å². The number of hydrogen-bond donors (Lipinski definition) is 3. The zero-order chi connectivity index (χ0) is 34.9. The first-order valence-corrected chi connectivity index (χ1v) is 16.7. The number of nitrogens with one attached hydrogen (secondary N) is 2. The number of aryl methyl sites for hydroxylation is 1. The summed E-state index contributed by atoms with van der Waals surface area (Å²) < 4.78 is 68.3. The predicted molar refractivity (Wildman–Crippen MR) is 177 cm³/mol. The third-order valence-corrected chi connectivity index (χ3v) is 10.7. The van der Waals surface area contributed by atoms with E-state index in [0.29, 0.717) is 49.6 Å². The predicted octanol–water partition coefficient (Wildman–Crippen LogP) is 5.78. The van der Waals surface area contributed by atoms with Gasteiger partial charge in [0.25, 0.3) is 5.91 Å². The number of phenols is 1. The van der Waals surface area contributed by atoms with Crippen LogP contribution in [-0.2, 0) is 11.2 Å². The third-order valence-electron chi connectivity index (χ3n) is 10.7. The first-order valence-electron chi connectivity index (χ1n) is 16.7. The summed E-state index contributed by atoms with van der Waals surface area (Å²) in [5.41, 5.74) is -1.73. The number of imide groups is 1. The number of benzene rings is 3. The van der Waals surface area contributed by atoms with Crippen molar-refractivity contribution in [2.75, 3.05) is 37.7 Å². The molecule has 1 unspecified atom stereocenters. The van der Waals surface area contributed by atoms with Crippen molar-refractivity contribution in [2.24, 2.45) is 0 Å². The second-order valence-electron chi connectivity index (χ2n) is 13.7. The van der Waals surface area contributed by atoms with Gasteiger partial charge in [-0.15, -0.1) is 0 Å². The zero-order valence-electron chi connectivity index (χ0n) is 27.2. The Kier molecular flexibility index (Phi) is 7.62. The molecule has 8 rings (SSSR count). The lowest BCUT2D eigenvalue weighted by Crippen LogP contribution is -2.58. The molecule has 0 saturated carbocycles. The highest BCUT2D eigenvalue weighted by molar-refractivity contribution is 6.08. The topological polar surface area (TPSA) is 120 Å². The molecule has 3 amide bonds. The van der Waals surface area contributed by atoms with E-state index in [0.717, 1.165) is 25.5 Å². The van der Waals surface area contributed by atoms with Gasteiger partial charge in [-0.2, -0.15) is 9.97 Å². The van der Waals surface area contributed by atoms with Crippen LogP contribution in [0.1, 0.15) is 44.6 Å². The standard InChI is InChI=1S/C36H34F4N6O4/c1-2-22-25(38)6-5-20-11-21(47)12-23(27(20)22)28-26(39)13-24-30(29(28)40)41-34(50-18-35-7-3-10-46(35)16-19(14-35)15-37)42-31(24)45-9-4-8-36(17-45)32(48)43-33(49)44-36/h5-6,11-13,15,47H,2-4,7-10,14,16-18H2,1H3,(H2,43,44,48,49)/b19-15-/t35?,36-/m1/s1. The molecule has 4 aliphatic rings. The average molecular weight is 691 g/mol. The van der Waals surface area contributed by atoms with E-state index in [1.165, 1.54) is 24.3 Å². The van der Waals surface area contributed by atoms with Crippen molar-refractivity contribution in [1.82, 2.24) is 25.5 Å². The summed E-state index contributed by atoms with van der Waals surface area (Å²) in [4.78, 5) is 38.0. The number of urea groups is 1. The van der Waals surface area contributed by atoms with Crippen molar-refractivity contribution in [3.05, 3.63) is 65.2 Å². The molecular weight excluding hydrogens is 656 g/mol. The molecule has 0 radical (unpaired) electrons. The van der Waals surface area contributed by atoms with Crippen LogP contribution in [0.15, 0.2) is 42.2 Å². The highest BCUT2D eigenvalue weighted by Gasteiger charge is 2.50. The van der Waals surface area contributed by atoms with Crippen LogP contribution in [0.5, 0.6) is 11.8 Å². The van der Waals surface area contributed by atoms with E-state index < -0.39 is 46.0 Å². The fraction of sp³-hybridized carbons (Fsp3) is 0.389. The quantitative estimate of drug-likeness (QED) is 0.172. The number of rotatable bonds is 6. The van der Waals surface area contributed by atoms with Crippen molar-refractivity contribution < 1.29 is 37.0 Å². The number of piperidine rings is 1. The molecule has 4 saturated heterocycles. The summed E-state index contributed by atoms with van der Waals surface area (Å²) in [6, 6.07) is 5.56. The van der Waals surface area contributed by atoms with Gasteiger partial charge in [0.15, 0.2) is 5.82 Å². The normalized spacial score (nSPS) is 24.5. The van der Waals surface area contributed by atoms with Gasteiger partial charge in [-0.25, -0.2) is 22.4 Å². The van der Waals surface area contributed by atoms with Gasteiger partial charge in [0.2, 0.25) is 0 Å². The minimum atomic E-state index is -1.27. The molecule has 50 heavy (non-hydrogen) atoms. The van der Waals surface area contributed by atoms with Crippen LogP contribution >= 0.6 is 0 Å². The van der Waals surface area contributed by atoms with E-state index in [4.69, 9.17) is 4.74 Å². The van der Waals surface area contributed by atoms with Crippen molar-refractivity contribution in [3.63, 3.8) is 0 Å². The first kappa shape index (κ1) is 32.2. The second kappa shape index (κ2) is 11.8. The van der Waals surface area contributed by atoms with Gasteiger partial charge < -0.3 is 20.1 Å². The third kappa shape index (κ3) is 5.02. The van der Waals surface area contributed by atoms with Gasteiger partial charge in [-0.05, 0) is 96.8 Å². The fourth-order valence-corrected chi connectivity index (χ4v) is 8.46. The SMILES string of the molecule is CCc1c(F)ccc2cc(O)cc(-c3c(F)cc4c(N5CCC[C@]6(C5)NC(=O)NC6=O)nc(OCC56CCCN5C/C(=C\F)C6)nc4c3F)c12. The van der Waals surface area contributed by atoms with Crippen molar-refractivity contribution in [2.45, 2.75) is 56.5 Å². The van der Waals surface area contributed by atoms with Crippen molar-refractivity contribution >= 4 is 39.4 Å². The number of phenolic OH excluding ortho intramolecular Hbond substituents is 1. The molecule has 4 aromatic rings. The fourth-order valence-electron chi connectivity index (χ4n) is 8.46. The number of aromatic hydroxyl groups is 1. The lowest BCUT2D eigenvalue weighted by Gasteiger charge is -2.39. The Hall–Kier alpha value is -4.98. The molecule has 10 nitrogen and oxygen atoms in total. The summed E-state index contributed by atoms with van der Waals surface area (Å²) in [6.07, 6.45) is 3.75. The Bertz CT molecular complexity index is 2150. The Labute approximate surface area is 284 Å². The maximum Gasteiger partial charge on any atom is 0.322 e. The maximum atomic E-state index is 17.0. The molecular formula is C36H34F4N6O4. The number of amides is 3. The monoisotopic (exact) mass is 690 g/mol. The molecule has 4 fully saturated rings. The van der Waals surface area contributed by atoms with E-state index >= 15 is 13.2 Å². The molecule has 1 aromatic heterocycles. The smallest absolute Gasteiger partial charge is 0.322 e. The summed E-state index contributed by atoms with van der Waals surface area (Å²) in [7, 11) is 0. The van der Waals surface area contributed by atoms with Crippen LogP contribution in [0.25, 0.3) is 32.8 Å². The molecule has 3 N–H and O–H groups in total. The molecule has 260 valence electrons. The lowest BCUT2D eigenvalue weighted by atomic mass is 9.89. The Balaban J connectivity index is 1.30. The van der Waals surface area contributed by atoms with Crippen LogP contribution in [0.4, 0.5) is 28.2 Å². The van der Waals surface area contributed by atoms with Crippen LogP contribution in [0.2, 0.25) is 0 Å². The number of aromatic nitrogens is 2. The molecule has 0 aliphatic carbocycles. The summed E-state index contributed by atoms with van der Waals surface area (Å²) in [5.74, 6) is -3.29. The average Bonchev–Trinajstić information content (AvgIpc) is 3.73. The molecule has 4 aliphatic heterocycles. The molecule has 5 heterocycles. The van der Waals surface area contributed by atoms with Crippen LogP contribution in [0, 0.1) is 17.5 Å². The number of nitrogens with zero attached hydrogens (tertiary/aromatic N) is 4. The molecule has 14 heteroatoms. The molecule has 0 bridgehead atoms. The summed E-state index contributed by atoms with van der Waals surface area (Å²) >= 11 is 0. The van der Waals surface area contributed by atoms with E-state index in [2.05, 4.69) is 25.5 Å². The Morgan fingerprint density at radius 1 is 1.06 bits per heavy atom. The largest absolute Gasteiger partial charge is 0.508 e. The number of anilines is 1. The number of hydrogen-bond acceptors (Lipinski definition) is 8. The number of halogens is 4. The van der Waals surface area contributed by atoms with Gasteiger partial charge in [-0.1, -0.05) is 13.0 Å². The Morgan fingerprint density at radius 3 is 2.64 bits per heavy atom. The van der Waals surface area contributed by atoms with E-state index in [9.17, 15) is 19.1 Å². The van der Waals surface area contributed by atoms with E-state index in [1.54, 1.807) is 11.8 Å². The highest BCUT2D eigenvalue weighted by atomic mass is 19.1. The highest BCUT2D eigenvalue weighted by Crippen LogP contribution is 2.44. The molecule has 1 spiro atoms. The van der Waals surface area contributed by atoms with Crippen molar-refractivity contribution in [1.29, 1.82) is 0 Å². The second-order valence-corrected chi connectivity index (χ2v) is 13.7. The number of ether oxygens (including phenoxy) is 1. The summed E-state index contributed by atoms with van der Waals surface area (Å²) in [5, 5.41) is 16.2. The van der Waals surface area contributed by atoms with Gasteiger partial charge in [0, 0.05) is 18.5 Å². The maximum absolute atomic E-state index is 17.0. The van der Waals surface area contributed by atoms with Gasteiger partial charge in [-0.3, -0.25) is 15.0 Å². The molecule has 2 atom stereocenters. The van der Waals surface area contributed by atoms with Crippen molar-refractivity contribution in [3.8, 4) is 22.9 Å². The van der Waals surface area contributed by atoms with Crippen LogP contribution < -0.4 is 20.3 Å². The van der Waals surface area contributed by atoms with Crippen LogP contribution in [0.3, 0.4) is 0 Å². The zero-order valence-corrected chi connectivity index (χ0v) is 27.2. The Morgan fingerprint density at radius 2 is 1.88 bits per heavy atom. The number of fused-ring (bicyclic) bond motifs is 3. The first-order chi connectivity index (χ1) is 24.0. The van der Waals surface area contributed by atoms with E-state index in [1.807, 2.05) is 0 Å². The minimum absolute atomic E-state index is 0.00610. The number of carbonyl (C=O) groups excluding carboxylic acids is 2. The lowest BCUT2D eigenvalue weighted by molar-refractivity contribution is -0.124. The number of carbonyl (C=O) groups is 2. The van der Waals surface area contributed by atoms with Gasteiger partial charge in [0.1, 0.15) is 40.9 Å². The summed E-state index contributed by atoms with van der Waals surface area (Å²) in [6.45, 7) is 3.38. The molecule has 3 aromatic carbocycles. The van der Waals surface area contributed by atoms with Gasteiger partial charge in [0.05, 0.1) is 24.0 Å².